The molecule has 0 aliphatic rings. The first-order chi connectivity index (χ1) is 13.2. The molecule has 28 heavy (non-hydrogen) atoms. The van der Waals surface area contributed by atoms with E-state index < -0.39 is 5.91 Å². The molecule has 1 aromatic carbocycles. The molecular formula is C22H27N3O3. The van der Waals surface area contributed by atoms with E-state index in [4.69, 9.17) is 4.74 Å². The Morgan fingerprint density at radius 3 is 2.57 bits per heavy atom. The summed E-state index contributed by atoms with van der Waals surface area (Å²) in [4.78, 5) is 27.8. The maximum atomic E-state index is 12.6. The van der Waals surface area contributed by atoms with Gasteiger partial charge in [0.2, 0.25) is 0 Å². The number of ether oxygens (including phenoxy) is 1. The fraction of sp³-hybridized carbons (Fsp3) is 0.364. The first-order valence-corrected chi connectivity index (χ1v) is 9.34. The molecule has 0 aliphatic carbocycles. The van der Waals surface area contributed by atoms with Crippen LogP contribution in [0.5, 0.6) is 0 Å². The van der Waals surface area contributed by atoms with Gasteiger partial charge in [0.05, 0.1) is 6.61 Å². The normalized spacial score (nSPS) is 11.8. The highest BCUT2D eigenvalue weighted by Crippen LogP contribution is 2.24. The number of fused-ring (bicyclic) bond motifs is 1. The molecule has 0 saturated carbocycles. The summed E-state index contributed by atoms with van der Waals surface area (Å²) >= 11 is 0. The Labute approximate surface area is 164 Å². The van der Waals surface area contributed by atoms with Crippen molar-refractivity contribution >= 4 is 22.5 Å². The molecule has 3 aromatic rings. The number of nitrogens with one attached hydrogen (secondary N) is 2. The number of amides is 1. The van der Waals surface area contributed by atoms with Crippen LogP contribution < -0.4 is 10.9 Å². The van der Waals surface area contributed by atoms with Gasteiger partial charge in [-0.15, -0.1) is 0 Å². The van der Waals surface area contributed by atoms with Crippen LogP contribution in [-0.4, -0.2) is 29.2 Å². The van der Waals surface area contributed by atoms with Gasteiger partial charge in [-0.1, -0.05) is 20.8 Å². The minimum atomic E-state index is -0.420. The van der Waals surface area contributed by atoms with Crippen molar-refractivity contribution in [1.82, 2.24) is 9.55 Å². The fourth-order valence-electron chi connectivity index (χ4n) is 3.25. The van der Waals surface area contributed by atoms with Gasteiger partial charge in [-0.05, 0) is 43.3 Å². The largest absolute Gasteiger partial charge is 0.383 e. The molecule has 0 bridgehead atoms. The third-order valence-electron chi connectivity index (χ3n) is 4.85. The number of hydrogen-bond donors (Lipinski definition) is 2. The number of methoxy groups -OCH3 is 1. The second-order valence-corrected chi connectivity index (χ2v) is 8.02. The standard InChI is InChI=1S/C22H27N3O3/c1-14-12-15-13-16(6-8-18(15)25(14)10-11-28-5)23-20(26)17-7-9-19(22(2,3)4)24-21(17)27/h6-9,12-13H,10-11H2,1-5H3,(H,23,26)(H,24,27). The van der Waals surface area contributed by atoms with Crippen LogP contribution >= 0.6 is 0 Å². The van der Waals surface area contributed by atoms with Crippen LogP contribution in [0.2, 0.25) is 0 Å². The van der Waals surface area contributed by atoms with E-state index in [0.717, 1.165) is 28.8 Å². The highest BCUT2D eigenvalue weighted by atomic mass is 16.5. The number of carbonyl (C=O) groups is 1. The highest BCUT2D eigenvalue weighted by Gasteiger charge is 2.18. The number of hydrogen-bond acceptors (Lipinski definition) is 3. The number of carbonyl (C=O) groups excluding carboxylic acids is 1. The Balaban J connectivity index is 1.84. The van der Waals surface area contributed by atoms with Crippen molar-refractivity contribution in [3.8, 4) is 0 Å². The van der Waals surface area contributed by atoms with Gasteiger partial charge >= 0.3 is 0 Å². The molecule has 0 spiro atoms. The van der Waals surface area contributed by atoms with Crippen molar-refractivity contribution in [3.05, 3.63) is 63.7 Å². The number of benzene rings is 1. The van der Waals surface area contributed by atoms with Crippen molar-refractivity contribution in [2.75, 3.05) is 19.0 Å². The zero-order valence-electron chi connectivity index (χ0n) is 17.1. The van der Waals surface area contributed by atoms with Crippen molar-refractivity contribution in [3.63, 3.8) is 0 Å². The number of H-pyrrole nitrogens is 1. The van der Waals surface area contributed by atoms with E-state index in [9.17, 15) is 9.59 Å². The first-order valence-electron chi connectivity index (χ1n) is 9.34. The quantitative estimate of drug-likeness (QED) is 0.705. The number of aromatic amines is 1. The van der Waals surface area contributed by atoms with Gasteiger partial charge in [0, 0.05) is 47.0 Å². The van der Waals surface area contributed by atoms with E-state index in [2.05, 4.69) is 20.9 Å². The average molecular weight is 381 g/mol. The number of anilines is 1. The Hall–Kier alpha value is -2.86. The summed E-state index contributed by atoms with van der Waals surface area (Å²) in [5.74, 6) is -0.420. The molecule has 2 heterocycles. The van der Waals surface area contributed by atoms with E-state index in [1.54, 1.807) is 19.2 Å². The predicted molar refractivity (Wildman–Crippen MR) is 112 cm³/mol. The summed E-state index contributed by atoms with van der Waals surface area (Å²) < 4.78 is 7.36. The fourth-order valence-corrected chi connectivity index (χ4v) is 3.25. The first kappa shape index (κ1) is 19.9. The SMILES string of the molecule is COCCn1c(C)cc2cc(NC(=O)c3ccc(C(C)(C)C)[nH]c3=O)ccc21. The molecule has 0 fully saturated rings. The number of aryl methyl sites for hydroxylation is 1. The lowest BCUT2D eigenvalue weighted by molar-refractivity contribution is 0.102. The van der Waals surface area contributed by atoms with Crippen LogP contribution in [-0.2, 0) is 16.7 Å². The minimum Gasteiger partial charge on any atom is -0.383 e. The summed E-state index contributed by atoms with van der Waals surface area (Å²) in [6, 6.07) is 11.2. The molecule has 6 heteroatoms. The van der Waals surface area contributed by atoms with Crippen LogP contribution in [0.1, 0.15) is 42.5 Å². The number of rotatable bonds is 5. The molecule has 0 saturated heterocycles. The Morgan fingerprint density at radius 1 is 1.18 bits per heavy atom. The van der Waals surface area contributed by atoms with Gasteiger partial charge in [-0.3, -0.25) is 9.59 Å². The molecule has 0 aliphatic heterocycles. The summed E-state index contributed by atoms with van der Waals surface area (Å²) in [7, 11) is 1.68. The average Bonchev–Trinajstić information content (AvgIpc) is 2.93. The molecule has 0 radical (unpaired) electrons. The van der Waals surface area contributed by atoms with Gasteiger partial charge in [0.15, 0.2) is 0 Å². The van der Waals surface area contributed by atoms with Gasteiger partial charge in [-0.2, -0.15) is 0 Å². The van der Waals surface area contributed by atoms with Crippen LogP contribution in [0, 0.1) is 6.92 Å². The maximum Gasteiger partial charge on any atom is 0.261 e. The molecular weight excluding hydrogens is 354 g/mol. The lowest BCUT2D eigenvalue weighted by Gasteiger charge is -2.18. The Bertz CT molecular complexity index is 1070. The van der Waals surface area contributed by atoms with Crippen LogP contribution in [0.25, 0.3) is 10.9 Å². The highest BCUT2D eigenvalue weighted by molar-refractivity contribution is 6.04. The number of nitrogens with zero attached hydrogens (tertiary/aromatic N) is 1. The van der Waals surface area contributed by atoms with Gasteiger partial charge in [0.25, 0.3) is 11.5 Å². The van der Waals surface area contributed by atoms with Crippen LogP contribution in [0.15, 0.2) is 41.2 Å². The molecule has 0 atom stereocenters. The lowest BCUT2D eigenvalue weighted by atomic mass is 9.91. The summed E-state index contributed by atoms with van der Waals surface area (Å²) in [6.45, 7) is 9.48. The topological polar surface area (TPSA) is 76.1 Å². The van der Waals surface area contributed by atoms with Crippen molar-refractivity contribution in [2.24, 2.45) is 0 Å². The second kappa shape index (κ2) is 7.64. The van der Waals surface area contributed by atoms with E-state index >= 15 is 0 Å². The van der Waals surface area contributed by atoms with Crippen LogP contribution in [0.3, 0.4) is 0 Å². The predicted octanol–water partition coefficient (Wildman–Crippen LogP) is 3.83. The van der Waals surface area contributed by atoms with E-state index in [1.807, 2.05) is 45.9 Å². The minimum absolute atomic E-state index is 0.0990. The van der Waals surface area contributed by atoms with E-state index in [0.29, 0.717) is 12.3 Å². The zero-order chi connectivity index (χ0) is 20.5. The third-order valence-corrected chi connectivity index (χ3v) is 4.85. The molecule has 3 rings (SSSR count). The van der Waals surface area contributed by atoms with Crippen LogP contribution in [0.4, 0.5) is 5.69 Å². The smallest absolute Gasteiger partial charge is 0.261 e. The second-order valence-electron chi connectivity index (χ2n) is 8.02. The number of aromatic nitrogens is 2. The molecule has 2 N–H and O–H groups in total. The monoisotopic (exact) mass is 381 g/mol. The lowest BCUT2D eigenvalue weighted by Crippen LogP contribution is -2.26. The molecule has 6 nitrogen and oxygen atoms in total. The van der Waals surface area contributed by atoms with Gasteiger partial charge < -0.3 is 19.6 Å². The molecule has 2 aromatic heterocycles. The summed E-state index contributed by atoms with van der Waals surface area (Å²) in [5.41, 5.74) is 3.19. The Kier molecular flexibility index (Phi) is 5.42. The van der Waals surface area contributed by atoms with Crippen molar-refractivity contribution < 1.29 is 9.53 Å². The van der Waals surface area contributed by atoms with Crippen molar-refractivity contribution in [2.45, 2.75) is 39.7 Å². The van der Waals surface area contributed by atoms with E-state index in [1.165, 1.54) is 0 Å². The molecule has 1 amide bonds. The zero-order valence-corrected chi connectivity index (χ0v) is 17.1. The Morgan fingerprint density at radius 2 is 1.93 bits per heavy atom. The summed E-state index contributed by atoms with van der Waals surface area (Å²) in [5, 5.41) is 3.86. The third kappa shape index (κ3) is 4.02. The van der Waals surface area contributed by atoms with Gasteiger partial charge in [0.1, 0.15) is 5.56 Å². The van der Waals surface area contributed by atoms with E-state index in [-0.39, 0.29) is 16.5 Å². The summed E-state index contributed by atoms with van der Waals surface area (Å²) in [6.07, 6.45) is 0. The van der Waals surface area contributed by atoms with Gasteiger partial charge in [-0.25, -0.2) is 0 Å². The molecule has 148 valence electrons. The maximum absolute atomic E-state index is 12.6. The molecule has 0 unspecified atom stereocenters. The number of pyridine rings is 1. The van der Waals surface area contributed by atoms with Crippen molar-refractivity contribution in [1.29, 1.82) is 0 Å².